The Balaban J connectivity index is 2.89. The Morgan fingerprint density at radius 2 is 1.53 bits per heavy atom. The lowest BCUT2D eigenvalue weighted by molar-refractivity contribution is 0.322. The molecule has 0 fully saturated rings. The monoisotopic (exact) mass is 282 g/mol. The molecule has 19 heavy (non-hydrogen) atoms. The number of hydrogen-bond donors (Lipinski definition) is 0. The van der Waals surface area contributed by atoms with E-state index in [2.05, 4.69) is 25.7 Å². The van der Waals surface area contributed by atoms with E-state index in [1.165, 1.54) is 18.0 Å². The van der Waals surface area contributed by atoms with Gasteiger partial charge in [-0.3, -0.25) is 0 Å². The van der Waals surface area contributed by atoms with Gasteiger partial charge in [0.05, 0.1) is 21.3 Å². The highest BCUT2D eigenvalue weighted by molar-refractivity contribution is 6.76. The summed E-state index contributed by atoms with van der Waals surface area (Å²) in [4.78, 5) is 0. The summed E-state index contributed by atoms with van der Waals surface area (Å²) in [5.74, 6) is 2.21. The Morgan fingerprint density at radius 3 is 2.00 bits per heavy atom. The van der Waals surface area contributed by atoms with E-state index in [4.69, 9.17) is 14.2 Å². The highest BCUT2D eigenvalue weighted by atomic mass is 28.3. The van der Waals surface area contributed by atoms with Crippen LogP contribution in [0.3, 0.4) is 0 Å². The summed E-state index contributed by atoms with van der Waals surface area (Å²) in [5, 5.41) is 0. The Kier molecular flexibility index (Phi) is 5.73. The smallest absolute Gasteiger partial charge is 0.203 e. The van der Waals surface area contributed by atoms with Crippen molar-refractivity contribution in [1.29, 1.82) is 0 Å². The van der Waals surface area contributed by atoms with Crippen LogP contribution in [0.2, 0.25) is 25.7 Å². The van der Waals surface area contributed by atoms with E-state index >= 15 is 0 Å². The van der Waals surface area contributed by atoms with E-state index < -0.39 is 8.07 Å². The van der Waals surface area contributed by atoms with Gasteiger partial charge in [-0.15, -0.1) is 0 Å². The zero-order valence-corrected chi connectivity index (χ0v) is 14.0. The molecule has 0 amide bonds. The summed E-state index contributed by atoms with van der Waals surface area (Å²) < 4.78 is 16.2. The molecular formula is C15H26O3Si. The van der Waals surface area contributed by atoms with Crippen LogP contribution in [0, 0.1) is 0 Å². The van der Waals surface area contributed by atoms with Crippen LogP contribution in [0.1, 0.15) is 12.0 Å². The predicted octanol–water partition coefficient (Wildman–Crippen LogP) is 3.98. The molecule has 3 nitrogen and oxygen atoms in total. The van der Waals surface area contributed by atoms with Crippen LogP contribution >= 0.6 is 0 Å². The molecule has 0 aliphatic heterocycles. The van der Waals surface area contributed by atoms with E-state index in [0.29, 0.717) is 11.5 Å². The van der Waals surface area contributed by atoms with Crippen molar-refractivity contribution >= 4 is 8.07 Å². The molecule has 0 saturated heterocycles. The number of benzene rings is 1. The molecule has 4 heteroatoms. The van der Waals surface area contributed by atoms with Crippen LogP contribution in [0.5, 0.6) is 17.2 Å². The second-order valence-electron chi connectivity index (χ2n) is 5.91. The minimum Gasteiger partial charge on any atom is -0.493 e. The first kappa shape index (κ1) is 15.9. The minimum atomic E-state index is -0.975. The molecule has 108 valence electrons. The number of ether oxygens (including phenoxy) is 3. The topological polar surface area (TPSA) is 27.7 Å². The maximum Gasteiger partial charge on any atom is 0.203 e. The molecule has 0 atom stereocenters. The first-order valence-corrected chi connectivity index (χ1v) is 10.4. The van der Waals surface area contributed by atoms with Gasteiger partial charge in [0.1, 0.15) is 0 Å². The number of methoxy groups -OCH3 is 3. The third-order valence-corrected chi connectivity index (χ3v) is 5.01. The van der Waals surface area contributed by atoms with E-state index in [1.54, 1.807) is 21.3 Å². The Morgan fingerprint density at radius 1 is 0.895 bits per heavy atom. The first-order valence-electron chi connectivity index (χ1n) is 6.70. The van der Waals surface area contributed by atoms with E-state index in [0.717, 1.165) is 12.2 Å². The van der Waals surface area contributed by atoms with E-state index in [-0.39, 0.29) is 0 Å². The van der Waals surface area contributed by atoms with Crippen LogP contribution < -0.4 is 14.2 Å². The van der Waals surface area contributed by atoms with Crippen LogP contribution in [0.25, 0.3) is 0 Å². The van der Waals surface area contributed by atoms with Crippen molar-refractivity contribution in [3.05, 3.63) is 17.7 Å². The first-order chi connectivity index (χ1) is 8.92. The second kappa shape index (κ2) is 6.85. The fourth-order valence-electron chi connectivity index (χ4n) is 2.17. The second-order valence-corrected chi connectivity index (χ2v) is 11.5. The highest BCUT2D eigenvalue weighted by Crippen LogP contribution is 2.40. The summed E-state index contributed by atoms with van der Waals surface area (Å²) in [6.07, 6.45) is 2.22. The number of hydrogen-bond acceptors (Lipinski definition) is 3. The van der Waals surface area contributed by atoms with Crippen LogP contribution in [-0.4, -0.2) is 29.4 Å². The molecule has 0 saturated carbocycles. The Hall–Kier alpha value is -1.16. The SMILES string of the molecule is COc1ccc(CCC[Si](C)(C)C)c(OC)c1OC. The van der Waals surface area contributed by atoms with Crippen molar-refractivity contribution in [2.45, 2.75) is 38.5 Å². The predicted molar refractivity (Wildman–Crippen MR) is 82.6 cm³/mol. The fraction of sp³-hybridized carbons (Fsp3) is 0.600. The average molecular weight is 282 g/mol. The van der Waals surface area contributed by atoms with Crippen molar-refractivity contribution in [3.63, 3.8) is 0 Å². The van der Waals surface area contributed by atoms with Gasteiger partial charge in [-0.1, -0.05) is 38.2 Å². The third-order valence-electron chi connectivity index (χ3n) is 3.16. The molecule has 0 spiro atoms. The van der Waals surface area contributed by atoms with Crippen molar-refractivity contribution in [1.82, 2.24) is 0 Å². The molecule has 1 aromatic rings. The quantitative estimate of drug-likeness (QED) is 0.708. The summed E-state index contributed by atoms with van der Waals surface area (Å²) in [6, 6.07) is 5.35. The van der Waals surface area contributed by atoms with Crippen LogP contribution in [0.15, 0.2) is 12.1 Å². The average Bonchev–Trinajstić information content (AvgIpc) is 2.36. The zero-order chi connectivity index (χ0) is 14.5. The maximum absolute atomic E-state index is 5.50. The summed E-state index contributed by atoms with van der Waals surface area (Å²) >= 11 is 0. The Labute approximate surface area is 117 Å². The summed E-state index contributed by atoms with van der Waals surface area (Å²) in [7, 11) is 3.99. The van der Waals surface area contributed by atoms with Crippen LogP contribution in [-0.2, 0) is 6.42 Å². The summed E-state index contributed by atoms with van der Waals surface area (Å²) in [6.45, 7) is 7.20. The van der Waals surface area contributed by atoms with Gasteiger partial charge in [-0.2, -0.15) is 0 Å². The lowest BCUT2D eigenvalue weighted by Crippen LogP contribution is -2.19. The molecule has 0 aliphatic rings. The highest BCUT2D eigenvalue weighted by Gasteiger charge is 2.17. The molecule has 0 aromatic heterocycles. The van der Waals surface area contributed by atoms with Crippen molar-refractivity contribution in [2.24, 2.45) is 0 Å². The van der Waals surface area contributed by atoms with Gasteiger partial charge in [0.2, 0.25) is 5.75 Å². The molecule has 0 radical (unpaired) electrons. The molecule has 0 heterocycles. The standard InChI is InChI=1S/C15H26O3Si/c1-16-13-10-9-12(8-7-11-19(4,5)6)14(17-2)15(13)18-3/h9-10H,7-8,11H2,1-6H3. The number of aryl methyl sites for hydroxylation is 1. The molecular weight excluding hydrogens is 256 g/mol. The van der Waals surface area contributed by atoms with Gasteiger partial charge in [0.15, 0.2) is 11.5 Å². The van der Waals surface area contributed by atoms with Crippen molar-refractivity contribution < 1.29 is 14.2 Å². The van der Waals surface area contributed by atoms with Crippen LogP contribution in [0.4, 0.5) is 0 Å². The van der Waals surface area contributed by atoms with Gasteiger partial charge in [-0.25, -0.2) is 0 Å². The molecule has 0 aliphatic carbocycles. The zero-order valence-electron chi connectivity index (χ0n) is 13.0. The van der Waals surface area contributed by atoms with Gasteiger partial charge in [0.25, 0.3) is 0 Å². The summed E-state index contributed by atoms with van der Waals surface area (Å²) in [5.41, 5.74) is 1.19. The molecule has 0 bridgehead atoms. The largest absolute Gasteiger partial charge is 0.493 e. The normalized spacial score (nSPS) is 11.3. The van der Waals surface area contributed by atoms with Gasteiger partial charge >= 0.3 is 0 Å². The van der Waals surface area contributed by atoms with Crippen molar-refractivity contribution in [2.75, 3.05) is 21.3 Å². The van der Waals surface area contributed by atoms with E-state index in [9.17, 15) is 0 Å². The number of rotatable bonds is 7. The fourth-order valence-corrected chi connectivity index (χ4v) is 3.41. The minimum absolute atomic E-state index is 0.690. The van der Waals surface area contributed by atoms with Crippen molar-refractivity contribution in [3.8, 4) is 17.2 Å². The van der Waals surface area contributed by atoms with Gasteiger partial charge in [-0.05, 0) is 18.1 Å². The lowest BCUT2D eigenvalue weighted by atomic mass is 10.1. The third kappa shape index (κ3) is 4.46. The molecule has 1 rings (SSSR count). The molecule has 0 unspecified atom stereocenters. The van der Waals surface area contributed by atoms with Gasteiger partial charge < -0.3 is 14.2 Å². The van der Waals surface area contributed by atoms with Gasteiger partial charge in [0, 0.05) is 8.07 Å². The maximum atomic E-state index is 5.50. The Bertz CT molecular complexity index is 411. The van der Waals surface area contributed by atoms with E-state index in [1.807, 2.05) is 6.07 Å². The molecule has 0 N–H and O–H groups in total. The lowest BCUT2D eigenvalue weighted by Gasteiger charge is -2.18. The molecule has 1 aromatic carbocycles.